The van der Waals surface area contributed by atoms with Crippen LogP contribution in [0.2, 0.25) is 0 Å². The average molecular weight is 307 g/mol. The molecule has 3 rings (SSSR count). The van der Waals surface area contributed by atoms with Crippen molar-refractivity contribution in [3.8, 4) is 0 Å². The minimum absolute atomic E-state index is 0.767. The molecule has 3 aromatic rings. The van der Waals surface area contributed by atoms with E-state index in [-0.39, 0.29) is 0 Å². The summed E-state index contributed by atoms with van der Waals surface area (Å²) in [5.41, 5.74) is -0.767. The lowest BCUT2D eigenvalue weighted by molar-refractivity contribution is 0.221. The fourth-order valence-corrected chi connectivity index (χ4v) is 6.15. The minimum Gasteiger partial charge on any atom is -0.478 e. The Bertz CT molecular complexity index is 659. The van der Waals surface area contributed by atoms with Crippen LogP contribution in [0.15, 0.2) is 91.0 Å². The first-order valence-electron chi connectivity index (χ1n) is 7.05. The van der Waals surface area contributed by atoms with Gasteiger partial charge in [0.2, 0.25) is 0 Å². The van der Waals surface area contributed by atoms with Gasteiger partial charge in [-0.2, -0.15) is 0 Å². The van der Waals surface area contributed by atoms with Gasteiger partial charge in [0.15, 0.2) is 0 Å². The van der Waals surface area contributed by atoms with E-state index in [2.05, 4.69) is 0 Å². The van der Waals surface area contributed by atoms with Crippen molar-refractivity contribution < 1.29 is 9.90 Å². The highest BCUT2D eigenvalue weighted by atomic mass is 31.2. The van der Waals surface area contributed by atoms with Crippen LogP contribution in [-0.4, -0.2) is 10.8 Å². The first-order valence-corrected chi connectivity index (χ1v) is 8.84. The summed E-state index contributed by atoms with van der Waals surface area (Å²) in [6, 6.07) is 28.7. The Kier molecular flexibility index (Phi) is 4.04. The molecule has 0 amide bonds. The van der Waals surface area contributed by atoms with Crippen molar-refractivity contribution in [3.05, 3.63) is 91.0 Å². The molecule has 3 heteroatoms. The molecule has 0 aliphatic heterocycles. The molecule has 1 N–H and O–H groups in total. The van der Waals surface area contributed by atoms with Crippen molar-refractivity contribution in [1.82, 2.24) is 0 Å². The van der Waals surface area contributed by atoms with Gasteiger partial charge < -0.3 is 5.11 Å². The van der Waals surface area contributed by atoms with E-state index in [0.717, 1.165) is 15.9 Å². The van der Waals surface area contributed by atoms with Gasteiger partial charge in [0.1, 0.15) is 0 Å². The molecule has 0 aromatic heterocycles. The summed E-state index contributed by atoms with van der Waals surface area (Å²) in [5, 5.41) is 12.8. The molecule has 0 bridgehead atoms. The second kappa shape index (κ2) is 6.13. The van der Waals surface area contributed by atoms with E-state index in [4.69, 9.17) is 0 Å². The van der Waals surface area contributed by atoms with Crippen LogP contribution >= 0.6 is 7.26 Å². The maximum atomic E-state index is 12.5. The van der Waals surface area contributed by atoms with Crippen LogP contribution in [0.3, 0.4) is 0 Å². The van der Waals surface area contributed by atoms with Crippen LogP contribution in [0.5, 0.6) is 0 Å². The van der Waals surface area contributed by atoms with Crippen LogP contribution in [0.4, 0.5) is 4.79 Å². The number of hydrogen-bond acceptors (Lipinski definition) is 1. The van der Waals surface area contributed by atoms with E-state index in [9.17, 15) is 9.90 Å². The first kappa shape index (κ1) is 14.5. The molecular weight excluding hydrogens is 291 g/mol. The molecule has 0 unspecified atom stereocenters. The van der Waals surface area contributed by atoms with Crippen molar-refractivity contribution in [3.63, 3.8) is 0 Å². The molecule has 0 heterocycles. The van der Waals surface area contributed by atoms with Crippen LogP contribution in [-0.2, 0) is 0 Å². The molecule has 0 atom stereocenters. The van der Waals surface area contributed by atoms with Gasteiger partial charge >= 0.3 is 5.71 Å². The minimum atomic E-state index is -2.71. The number of benzene rings is 3. The van der Waals surface area contributed by atoms with Gasteiger partial charge in [-0.25, -0.2) is 4.79 Å². The fraction of sp³-hybridized carbons (Fsp3) is 0. The van der Waals surface area contributed by atoms with E-state index < -0.39 is 13.0 Å². The maximum Gasteiger partial charge on any atom is 0.332 e. The number of carboxylic acid groups (broad SMARTS) is 1. The topological polar surface area (TPSA) is 37.3 Å². The normalized spacial score (nSPS) is 11.1. The summed E-state index contributed by atoms with van der Waals surface area (Å²) < 4.78 is 0. The van der Waals surface area contributed by atoms with Gasteiger partial charge in [0.05, 0.1) is 7.26 Å². The lowest BCUT2D eigenvalue weighted by Gasteiger charge is -2.33. The molecule has 0 aliphatic carbocycles. The summed E-state index contributed by atoms with van der Waals surface area (Å²) in [7, 11) is -2.71. The largest absolute Gasteiger partial charge is 0.478 e. The highest BCUT2D eigenvalue weighted by molar-refractivity contribution is 8.07. The molecule has 0 saturated heterocycles. The number of rotatable bonds is 4. The monoisotopic (exact) mass is 307 g/mol. The second-order valence-electron chi connectivity index (χ2n) is 4.96. The van der Waals surface area contributed by atoms with E-state index in [1.807, 2.05) is 91.0 Å². The summed E-state index contributed by atoms with van der Waals surface area (Å²) >= 11 is 0. The van der Waals surface area contributed by atoms with E-state index >= 15 is 0 Å². The van der Waals surface area contributed by atoms with E-state index in [1.54, 1.807) is 0 Å². The molecule has 109 valence electrons. The smallest absolute Gasteiger partial charge is 0.332 e. The standard InChI is InChI=1S/C19H16O2P/c20-19(21)22(16-10-4-1-5-11-16,17-12-6-2-7-13-17)18-14-8-3-9-15-18/h1-15H,(H,20,21). The van der Waals surface area contributed by atoms with Crippen LogP contribution < -0.4 is 15.9 Å². The Morgan fingerprint density at radius 1 is 0.591 bits per heavy atom. The zero-order valence-corrected chi connectivity index (χ0v) is 12.9. The number of hydrogen-bond donors (Lipinski definition) is 1. The lowest BCUT2D eigenvalue weighted by atomic mass is 10.4. The molecule has 0 aliphatic rings. The van der Waals surface area contributed by atoms with Crippen LogP contribution in [0, 0.1) is 0 Å². The lowest BCUT2D eigenvalue weighted by Crippen LogP contribution is -2.35. The van der Waals surface area contributed by atoms with Gasteiger partial charge in [-0.05, 0) is 15.9 Å². The van der Waals surface area contributed by atoms with Gasteiger partial charge in [0.25, 0.3) is 0 Å². The molecule has 1 radical (unpaired) electrons. The third-order valence-corrected chi connectivity index (χ3v) is 7.51. The molecule has 0 spiro atoms. The molecule has 22 heavy (non-hydrogen) atoms. The summed E-state index contributed by atoms with van der Waals surface area (Å²) in [6.07, 6.45) is 0. The molecule has 2 nitrogen and oxygen atoms in total. The Hall–Kier alpha value is -2.44. The molecule has 3 aromatic carbocycles. The molecule has 0 fully saturated rings. The fourth-order valence-electron chi connectivity index (χ4n) is 2.73. The van der Waals surface area contributed by atoms with Gasteiger partial charge in [0, 0.05) is 0 Å². The third-order valence-electron chi connectivity index (χ3n) is 3.72. The predicted molar refractivity (Wildman–Crippen MR) is 93.2 cm³/mol. The van der Waals surface area contributed by atoms with Crippen molar-refractivity contribution in [2.24, 2.45) is 0 Å². The van der Waals surface area contributed by atoms with Crippen molar-refractivity contribution in [2.45, 2.75) is 0 Å². The van der Waals surface area contributed by atoms with E-state index in [0.29, 0.717) is 0 Å². The maximum absolute atomic E-state index is 12.5. The zero-order valence-electron chi connectivity index (χ0n) is 12.0. The SMILES string of the molecule is O=C(O)[P](c1ccccc1)(c1ccccc1)c1ccccc1. The highest BCUT2D eigenvalue weighted by Crippen LogP contribution is 2.55. The van der Waals surface area contributed by atoms with Gasteiger partial charge in [-0.15, -0.1) is 0 Å². The Balaban J connectivity index is 2.37. The predicted octanol–water partition coefficient (Wildman–Crippen LogP) is 3.66. The molecular formula is C19H16O2P. The van der Waals surface area contributed by atoms with E-state index in [1.165, 1.54) is 0 Å². The van der Waals surface area contributed by atoms with Crippen molar-refractivity contribution in [2.75, 3.05) is 0 Å². The van der Waals surface area contributed by atoms with Gasteiger partial charge in [-0.3, -0.25) is 0 Å². The third kappa shape index (κ3) is 2.32. The van der Waals surface area contributed by atoms with Crippen molar-refractivity contribution >= 4 is 28.9 Å². The summed E-state index contributed by atoms with van der Waals surface area (Å²) in [4.78, 5) is 12.5. The zero-order chi connectivity index (χ0) is 15.4. The van der Waals surface area contributed by atoms with Gasteiger partial charge in [-0.1, -0.05) is 91.0 Å². The Morgan fingerprint density at radius 2 is 0.864 bits per heavy atom. The Morgan fingerprint density at radius 3 is 1.09 bits per heavy atom. The van der Waals surface area contributed by atoms with Crippen LogP contribution in [0.1, 0.15) is 0 Å². The first-order chi connectivity index (χ1) is 10.8. The quantitative estimate of drug-likeness (QED) is 0.747. The summed E-state index contributed by atoms with van der Waals surface area (Å²) in [6.45, 7) is 0. The summed E-state index contributed by atoms with van der Waals surface area (Å²) in [5.74, 6) is 0. The Labute approximate surface area is 130 Å². The number of carbonyl (C=O) groups is 1. The van der Waals surface area contributed by atoms with Crippen molar-refractivity contribution in [1.29, 1.82) is 0 Å². The molecule has 0 saturated carbocycles. The highest BCUT2D eigenvalue weighted by Gasteiger charge is 2.41. The average Bonchev–Trinajstić information content (AvgIpc) is 2.58. The second-order valence-corrected chi connectivity index (χ2v) is 8.23. The van der Waals surface area contributed by atoms with Crippen LogP contribution in [0.25, 0.3) is 0 Å².